The van der Waals surface area contributed by atoms with Crippen LogP contribution in [0.1, 0.15) is 29.4 Å². The highest BCUT2D eigenvalue weighted by atomic mass is 16.4. The van der Waals surface area contributed by atoms with Crippen LogP contribution in [0.3, 0.4) is 0 Å². The molecule has 0 heterocycles. The van der Waals surface area contributed by atoms with E-state index < -0.39 is 23.8 Å². The molecule has 17 heavy (non-hydrogen) atoms. The summed E-state index contributed by atoms with van der Waals surface area (Å²) in [4.78, 5) is 22.5. The van der Waals surface area contributed by atoms with E-state index in [-0.39, 0.29) is 11.8 Å². The van der Waals surface area contributed by atoms with Crippen LogP contribution < -0.4 is 0 Å². The molecule has 3 rings (SSSR count). The Labute approximate surface area is 97.9 Å². The molecule has 0 aliphatic heterocycles. The van der Waals surface area contributed by atoms with Crippen LogP contribution >= 0.6 is 0 Å². The maximum Gasteiger partial charge on any atom is 0.308 e. The highest BCUT2D eigenvalue weighted by molar-refractivity contribution is 5.84. The summed E-state index contributed by atoms with van der Waals surface area (Å²) in [6, 6.07) is 7.62. The number of aliphatic carboxylic acids is 2. The zero-order valence-corrected chi connectivity index (χ0v) is 9.04. The van der Waals surface area contributed by atoms with Crippen molar-refractivity contribution in [3.63, 3.8) is 0 Å². The molecular weight excluding hydrogens is 220 g/mol. The molecule has 0 spiro atoms. The Morgan fingerprint density at radius 3 is 1.71 bits per heavy atom. The molecule has 88 valence electrons. The maximum absolute atomic E-state index is 11.3. The molecule has 1 saturated carbocycles. The van der Waals surface area contributed by atoms with E-state index in [2.05, 4.69) is 0 Å². The average Bonchev–Trinajstić information content (AvgIpc) is 2.84. The summed E-state index contributed by atoms with van der Waals surface area (Å²) in [5.41, 5.74) is 2.06. The van der Waals surface area contributed by atoms with Crippen LogP contribution in [0.15, 0.2) is 24.3 Å². The molecule has 0 radical (unpaired) electrons. The van der Waals surface area contributed by atoms with Gasteiger partial charge in [0.15, 0.2) is 0 Å². The number of rotatable bonds is 2. The predicted octanol–water partition coefficient (Wildman–Crippen LogP) is 1.67. The SMILES string of the molecule is O=C(O)[C@@H]1[C@@H](C(=O)O)[C@H]2C[C@H]1c1ccccc12. The van der Waals surface area contributed by atoms with Gasteiger partial charge in [0.05, 0.1) is 11.8 Å². The van der Waals surface area contributed by atoms with Gasteiger partial charge in [-0.3, -0.25) is 9.59 Å². The third-order valence-corrected chi connectivity index (χ3v) is 4.13. The number of benzene rings is 1. The number of hydrogen-bond donors (Lipinski definition) is 2. The van der Waals surface area contributed by atoms with Gasteiger partial charge in [-0.15, -0.1) is 0 Å². The Balaban J connectivity index is 2.12. The monoisotopic (exact) mass is 232 g/mol. The molecule has 4 heteroatoms. The Bertz CT molecular complexity index is 463. The fourth-order valence-electron chi connectivity index (χ4n) is 3.55. The van der Waals surface area contributed by atoms with Crippen LogP contribution in [0.4, 0.5) is 0 Å². The highest BCUT2D eigenvalue weighted by Gasteiger charge is 2.56. The molecule has 0 aromatic heterocycles. The average molecular weight is 232 g/mol. The van der Waals surface area contributed by atoms with E-state index in [4.69, 9.17) is 0 Å². The minimum atomic E-state index is -0.987. The number of hydrogen-bond acceptors (Lipinski definition) is 2. The van der Waals surface area contributed by atoms with E-state index in [1.165, 1.54) is 0 Å². The van der Waals surface area contributed by atoms with Crippen LogP contribution in [0.2, 0.25) is 0 Å². The lowest BCUT2D eigenvalue weighted by Crippen LogP contribution is -2.33. The summed E-state index contributed by atoms with van der Waals surface area (Å²) in [5, 5.41) is 18.4. The maximum atomic E-state index is 11.3. The second kappa shape index (κ2) is 3.32. The van der Waals surface area contributed by atoms with Crippen LogP contribution in [0, 0.1) is 11.8 Å². The highest BCUT2D eigenvalue weighted by Crippen LogP contribution is 2.59. The van der Waals surface area contributed by atoms with Crippen molar-refractivity contribution in [3.8, 4) is 0 Å². The van der Waals surface area contributed by atoms with Crippen molar-refractivity contribution in [2.24, 2.45) is 11.8 Å². The van der Waals surface area contributed by atoms with Crippen molar-refractivity contribution in [1.29, 1.82) is 0 Å². The van der Waals surface area contributed by atoms with Crippen molar-refractivity contribution < 1.29 is 19.8 Å². The van der Waals surface area contributed by atoms with Gasteiger partial charge in [-0.05, 0) is 29.4 Å². The summed E-state index contributed by atoms with van der Waals surface area (Å²) >= 11 is 0. The molecule has 4 nitrogen and oxygen atoms in total. The van der Waals surface area contributed by atoms with E-state index in [0.29, 0.717) is 6.42 Å². The largest absolute Gasteiger partial charge is 0.481 e. The molecule has 2 bridgehead atoms. The molecule has 1 fully saturated rings. The molecule has 2 aliphatic rings. The first-order valence-electron chi connectivity index (χ1n) is 5.65. The van der Waals surface area contributed by atoms with Gasteiger partial charge in [-0.1, -0.05) is 24.3 Å². The quantitative estimate of drug-likeness (QED) is 0.813. The molecular formula is C13H12O4. The Hall–Kier alpha value is -1.84. The minimum absolute atomic E-state index is 0.130. The Morgan fingerprint density at radius 1 is 0.941 bits per heavy atom. The van der Waals surface area contributed by atoms with Crippen molar-refractivity contribution >= 4 is 11.9 Å². The summed E-state index contributed by atoms with van der Waals surface area (Å²) in [6.07, 6.45) is 0.660. The fourth-order valence-corrected chi connectivity index (χ4v) is 3.55. The number of fused-ring (bicyclic) bond motifs is 5. The number of carbonyl (C=O) groups is 2. The van der Waals surface area contributed by atoms with Crippen molar-refractivity contribution in [2.75, 3.05) is 0 Å². The van der Waals surface area contributed by atoms with Gasteiger partial charge >= 0.3 is 11.9 Å². The van der Waals surface area contributed by atoms with E-state index in [0.717, 1.165) is 11.1 Å². The molecule has 2 N–H and O–H groups in total. The van der Waals surface area contributed by atoms with E-state index in [1.807, 2.05) is 24.3 Å². The van der Waals surface area contributed by atoms with Gasteiger partial charge < -0.3 is 10.2 Å². The van der Waals surface area contributed by atoms with Crippen LogP contribution in [-0.4, -0.2) is 22.2 Å². The Morgan fingerprint density at radius 2 is 1.35 bits per heavy atom. The Kier molecular flexibility index (Phi) is 2.02. The molecule has 0 unspecified atom stereocenters. The lowest BCUT2D eigenvalue weighted by Gasteiger charge is -2.26. The van der Waals surface area contributed by atoms with Crippen LogP contribution in [-0.2, 0) is 9.59 Å². The minimum Gasteiger partial charge on any atom is -0.481 e. The van der Waals surface area contributed by atoms with E-state index in [1.54, 1.807) is 0 Å². The predicted molar refractivity (Wildman–Crippen MR) is 58.8 cm³/mol. The molecule has 1 aromatic rings. The second-order valence-corrected chi connectivity index (χ2v) is 4.81. The van der Waals surface area contributed by atoms with Crippen molar-refractivity contribution in [1.82, 2.24) is 0 Å². The third kappa shape index (κ3) is 1.24. The van der Waals surface area contributed by atoms with Gasteiger partial charge in [0.1, 0.15) is 0 Å². The lowest BCUT2D eigenvalue weighted by atomic mass is 9.76. The van der Waals surface area contributed by atoms with Gasteiger partial charge in [-0.2, -0.15) is 0 Å². The first-order valence-corrected chi connectivity index (χ1v) is 5.65. The summed E-state index contributed by atoms with van der Waals surface area (Å²) in [7, 11) is 0. The zero-order chi connectivity index (χ0) is 12.2. The summed E-state index contributed by atoms with van der Waals surface area (Å²) < 4.78 is 0. The van der Waals surface area contributed by atoms with E-state index in [9.17, 15) is 19.8 Å². The molecule has 1 aromatic carbocycles. The second-order valence-electron chi connectivity index (χ2n) is 4.81. The van der Waals surface area contributed by atoms with Crippen molar-refractivity contribution in [3.05, 3.63) is 35.4 Å². The summed E-state index contributed by atoms with van der Waals surface area (Å²) in [5.74, 6) is -3.77. The van der Waals surface area contributed by atoms with Gasteiger partial charge in [-0.25, -0.2) is 0 Å². The fraction of sp³-hybridized carbons (Fsp3) is 0.385. The van der Waals surface area contributed by atoms with Gasteiger partial charge in [0, 0.05) is 0 Å². The summed E-state index contributed by atoms with van der Waals surface area (Å²) in [6.45, 7) is 0. The zero-order valence-electron chi connectivity index (χ0n) is 9.04. The lowest BCUT2D eigenvalue weighted by molar-refractivity contribution is -0.153. The topological polar surface area (TPSA) is 74.6 Å². The molecule has 4 atom stereocenters. The number of carboxylic acids is 2. The normalized spacial score (nSPS) is 33.4. The van der Waals surface area contributed by atoms with Crippen LogP contribution in [0.5, 0.6) is 0 Å². The smallest absolute Gasteiger partial charge is 0.308 e. The van der Waals surface area contributed by atoms with Gasteiger partial charge in [0.2, 0.25) is 0 Å². The third-order valence-electron chi connectivity index (χ3n) is 4.13. The number of carboxylic acid groups (broad SMARTS) is 2. The molecule has 0 saturated heterocycles. The molecule has 0 amide bonds. The van der Waals surface area contributed by atoms with Crippen molar-refractivity contribution in [2.45, 2.75) is 18.3 Å². The van der Waals surface area contributed by atoms with Crippen LogP contribution in [0.25, 0.3) is 0 Å². The van der Waals surface area contributed by atoms with Gasteiger partial charge in [0.25, 0.3) is 0 Å². The first kappa shape index (κ1) is 10.3. The standard InChI is InChI=1S/C13H12O4/c14-12(15)10-8-5-9(11(10)13(16)17)7-4-2-1-3-6(7)8/h1-4,8-11H,5H2,(H,14,15)(H,16,17)/t8-,9-,10-,11-/m0/s1. The first-order chi connectivity index (χ1) is 8.11. The van der Waals surface area contributed by atoms with E-state index >= 15 is 0 Å². The molecule has 2 aliphatic carbocycles.